The molecule has 0 aliphatic carbocycles. The van der Waals surface area contributed by atoms with Crippen LogP contribution in [0.5, 0.6) is 11.5 Å². The van der Waals surface area contributed by atoms with Crippen LogP contribution in [0.4, 0.5) is 0 Å². The second-order valence-electron chi connectivity index (χ2n) is 4.20. The predicted molar refractivity (Wildman–Crippen MR) is 96.9 cm³/mol. The van der Waals surface area contributed by atoms with Gasteiger partial charge in [-0.3, -0.25) is 0 Å². The lowest BCUT2D eigenvalue weighted by molar-refractivity contribution is 0.273. The molecule has 0 radical (unpaired) electrons. The molecule has 0 atom stereocenters. The second kappa shape index (κ2) is 10.1. The molecule has 3 nitrogen and oxygen atoms in total. The first-order chi connectivity index (χ1) is 10.5. The largest absolute Gasteiger partial charge is 0.496 e. The Bertz CT molecular complexity index is 552. The van der Waals surface area contributed by atoms with Crippen LogP contribution in [0.25, 0.3) is 0 Å². The van der Waals surface area contributed by atoms with E-state index in [9.17, 15) is 0 Å². The minimum absolute atomic E-state index is 0.00259. The fourth-order valence-electron chi connectivity index (χ4n) is 1.72. The molecular weight excluding hydrogens is 435 g/mol. The molecule has 2 rings (SSSR count). The normalized spacial score (nSPS) is 9.73. The van der Waals surface area contributed by atoms with E-state index in [4.69, 9.17) is 26.2 Å². The van der Waals surface area contributed by atoms with Gasteiger partial charge in [0.1, 0.15) is 11.5 Å². The molecule has 0 unspecified atom stereocenters. The monoisotopic (exact) mass is 450 g/mol. The molecule has 120 valence electrons. The maximum Gasteiger partial charge on any atom is 0.124 e. The molecule has 2 aromatic rings. The summed E-state index contributed by atoms with van der Waals surface area (Å²) in [4.78, 5) is 0. The Morgan fingerprint density at radius 2 is 1.36 bits per heavy atom. The Morgan fingerprint density at radius 1 is 0.909 bits per heavy atom. The second-order valence-corrected chi connectivity index (χ2v) is 6.30. The lowest BCUT2D eigenvalue weighted by Crippen LogP contribution is -1.90. The Morgan fingerprint density at radius 3 is 1.77 bits per heavy atom. The average Bonchev–Trinajstić information content (AvgIpc) is 2.55. The highest BCUT2D eigenvalue weighted by atomic mass is 79.9. The van der Waals surface area contributed by atoms with Crippen molar-refractivity contribution in [3.63, 3.8) is 0 Å². The summed E-state index contributed by atoms with van der Waals surface area (Å²) in [6.45, 7) is 0.00259. The summed E-state index contributed by atoms with van der Waals surface area (Å²) in [7, 11) is 3.22. The van der Waals surface area contributed by atoms with E-state index >= 15 is 0 Å². The number of alkyl halides is 1. The minimum Gasteiger partial charge on any atom is -0.496 e. The van der Waals surface area contributed by atoms with Crippen molar-refractivity contribution in [3.05, 3.63) is 56.5 Å². The van der Waals surface area contributed by atoms with Crippen LogP contribution in [0, 0.1) is 0 Å². The molecular formula is C16H17Br2ClO3. The van der Waals surface area contributed by atoms with Gasteiger partial charge in [-0.05, 0) is 36.4 Å². The van der Waals surface area contributed by atoms with Gasteiger partial charge in [0.05, 0.1) is 26.7 Å². The molecule has 22 heavy (non-hydrogen) atoms. The maximum absolute atomic E-state index is 8.87. The lowest BCUT2D eigenvalue weighted by atomic mass is 10.2. The molecule has 1 N–H and O–H groups in total. The first-order valence-corrected chi connectivity index (χ1v) is 8.49. The van der Waals surface area contributed by atoms with E-state index in [2.05, 4.69) is 31.9 Å². The molecule has 0 aliphatic heterocycles. The molecule has 0 bridgehead atoms. The molecule has 6 heteroatoms. The quantitative estimate of drug-likeness (QED) is 0.653. The lowest BCUT2D eigenvalue weighted by Gasteiger charge is -2.05. The van der Waals surface area contributed by atoms with E-state index < -0.39 is 0 Å². The van der Waals surface area contributed by atoms with Gasteiger partial charge in [-0.25, -0.2) is 0 Å². The van der Waals surface area contributed by atoms with Gasteiger partial charge in [0.25, 0.3) is 0 Å². The molecule has 0 fully saturated rings. The number of ether oxygens (including phenoxy) is 2. The van der Waals surface area contributed by atoms with E-state index in [0.29, 0.717) is 5.88 Å². The first-order valence-electron chi connectivity index (χ1n) is 6.37. The van der Waals surface area contributed by atoms with Crippen molar-refractivity contribution in [2.75, 3.05) is 14.2 Å². The number of halogens is 3. The van der Waals surface area contributed by atoms with Crippen LogP contribution in [-0.4, -0.2) is 19.3 Å². The van der Waals surface area contributed by atoms with Gasteiger partial charge in [0.2, 0.25) is 0 Å². The van der Waals surface area contributed by atoms with Crippen LogP contribution < -0.4 is 9.47 Å². The Labute approximate surface area is 152 Å². The number of hydrogen-bond acceptors (Lipinski definition) is 3. The predicted octanol–water partition coefficient (Wildman–Crippen LogP) is 5.15. The van der Waals surface area contributed by atoms with Crippen molar-refractivity contribution < 1.29 is 14.6 Å². The number of hydrogen-bond donors (Lipinski definition) is 1. The van der Waals surface area contributed by atoms with Crippen molar-refractivity contribution in [2.24, 2.45) is 0 Å². The van der Waals surface area contributed by atoms with Crippen LogP contribution in [-0.2, 0) is 12.5 Å². The molecule has 0 aromatic heterocycles. The molecule has 0 heterocycles. The van der Waals surface area contributed by atoms with E-state index in [1.165, 1.54) is 0 Å². The van der Waals surface area contributed by atoms with E-state index in [1.807, 2.05) is 36.4 Å². The van der Waals surface area contributed by atoms with Gasteiger partial charge >= 0.3 is 0 Å². The molecule has 0 amide bonds. The van der Waals surface area contributed by atoms with Crippen molar-refractivity contribution in [1.82, 2.24) is 0 Å². The summed E-state index contributed by atoms with van der Waals surface area (Å²) in [6.07, 6.45) is 0. The van der Waals surface area contributed by atoms with Gasteiger partial charge in [-0.2, -0.15) is 0 Å². The van der Waals surface area contributed by atoms with Gasteiger partial charge in [-0.1, -0.05) is 31.9 Å². The number of aliphatic hydroxyl groups is 1. The SMILES string of the molecule is COc1ccc(Br)cc1CCl.COc1ccc(Br)cc1CO. The molecule has 0 saturated heterocycles. The van der Waals surface area contributed by atoms with Gasteiger partial charge in [0.15, 0.2) is 0 Å². The Kier molecular flexibility index (Phi) is 8.86. The first kappa shape index (κ1) is 19.3. The molecule has 0 saturated carbocycles. The number of aliphatic hydroxyl groups excluding tert-OH is 1. The highest BCUT2D eigenvalue weighted by Crippen LogP contribution is 2.24. The van der Waals surface area contributed by atoms with E-state index in [1.54, 1.807) is 14.2 Å². The van der Waals surface area contributed by atoms with Crippen molar-refractivity contribution in [2.45, 2.75) is 12.5 Å². The van der Waals surface area contributed by atoms with Gasteiger partial charge in [-0.15, -0.1) is 11.6 Å². The zero-order chi connectivity index (χ0) is 16.5. The maximum atomic E-state index is 8.87. The highest BCUT2D eigenvalue weighted by molar-refractivity contribution is 9.10. The summed E-state index contributed by atoms with van der Waals surface area (Å²) in [5, 5.41) is 8.87. The number of methoxy groups -OCH3 is 2. The van der Waals surface area contributed by atoms with Gasteiger partial charge in [0, 0.05) is 20.1 Å². The van der Waals surface area contributed by atoms with Crippen LogP contribution in [0.1, 0.15) is 11.1 Å². The fourth-order valence-corrected chi connectivity index (χ4v) is 2.75. The number of benzene rings is 2. The minimum atomic E-state index is 0.00259. The summed E-state index contributed by atoms with van der Waals surface area (Å²) in [5.41, 5.74) is 1.80. The zero-order valence-corrected chi connectivity index (χ0v) is 16.2. The van der Waals surface area contributed by atoms with Gasteiger partial charge < -0.3 is 14.6 Å². The van der Waals surface area contributed by atoms with Crippen LogP contribution >= 0.6 is 43.5 Å². The van der Waals surface area contributed by atoms with Crippen LogP contribution in [0.2, 0.25) is 0 Å². The third-order valence-electron chi connectivity index (χ3n) is 2.80. The zero-order valence-electron chi connectivity index (χ0n) is 12.3. The summed E-state index contributed by atoms with van der Waals surface area (Å²) in [5.74, 6) is 2.03. The van der Waals surface area contributed by atoms with Crippen LogP contribution in [0.15, 0.2) is 45.3 Å². The highest BCUT2D eigenvalue weighted by Gasteiger charge is 2.01. The van der Waals surface area contributed by atoms with E-state index in [-0.39, 0.29) is 6.61 Å². The summed E-state index contributed by atoms with van der Waals surface area (Å²) >= 11 is 12.3. The standard InChI is InChI=1S/C8H8BrClO.C8H9BrO2/c2*1-11-8-3-2-7(9)4-6(8)5-10/h2-4H,5H2,1H3;2-4,10H,5H2,1H3. The van der Waals surface area contributed by atoms with E-state index in [0.717, 1.165) is 31.6 Å². The third kappa shape index (κ3) is 5.80. The van der Waals surface area contributed by atoms with Crippen LogP contribution in [0.3, 0.4) is 0 Å². The average molecular weight is 453 g/mol. The third-order valence-corrected chi connectivity index (χ3v) is 4.07. The molecule has 0 aliphatic rings. The smallest absolute Gasteiger partial charge is 0.124 e. The van der Waals surface area contributed by atoms with Crippen molar-refractivity contribution >= 4 is 43.5 Å². The summed E-state index contributed by atoms with van der Waals surface area (Å²) < 4.78 is 12.1. The Balaban J connectivity index is 0.000000220. The fraction of sp³-hybridized carbons (Fsp3) is 0.250. The topological polar surface area (TPSA) is 38.7 Å². The van der Waals surface area contributed by atoms with Crippen molar-refractivity contribution in [3.8, 4) is 11.5 Å². The molecule has 0 spiro atoms. The van der Waals surface area contributed by atoms with Crippen molar-refractivity contribution in [1.29, 1.82) is 0 Å². The number of rotatable bonds is 4. The molecule has 2 aromatic carbocycles. The summed E-state index contributed by atoms with van der Waals surface area (Å²) in [6, 6.07) is 11.3. The Hall–Kier alpha value is -0.750.